The molecule has 0 unspecified atom stereocenters. The van der Waals surface area contributed by atoms with E-state index in [0.717, 1.165) is 16.5 Å². The number of aryl methyl sites for hydroxylation is 3. The van der Waals surface area contributed by atoms with Crippen molar-refractivity contribution in [3.63, 3.8) is 0 Å². The molecule has 3 aromatic rings. The summed E-state index contributed by atoms with van der Waals surface area (Å²) in [6.07, 6.45) is 0. The third-order valence-electron chi connectivity index (χ3n) is 3.60. The van der Waals surface area contributed by atoms with Gasteiger partial charge in [-0.25, -0.2) is 4.98 Å². The van der Waals surface area contributed by atoms with E-state index in [1.54, 1.807) is 11.3 Å². The molecule has 0 saturated heterocycles. The average molecular weight is 294 g/mol. The van der Waals surface area contributed by atoms with Gasteiger partial charge in [0.2, 0.25) is 0 Å². The Morgan fingerprint density at radius 2 is 1.67 bits per heavy atom. The van der Waals surface area contributed by atoms with Gasteiger partial charge in [0.1, 0.15) is 0 Å². The second kappa shape index (κ2) is 5.70. The van der Waals surface area contributed by atoms with Crippen molar-refractivity contribution >= 4 is 22.2 Å². The quantitative estimate of drug-likeness (QED) is 0.692. The first-order valence-electron chi connectivity index (χ1n) is 7.00. The van der Waals surface area contributed by atoms with Gasteiger partial charge in [0.15, 0.2) is 5.13 Å². The molecule has 1 N–H and O–H groups in total. The molecule has 0 aliphatic rings. The highest BCUT2D eigenvalue weighted by atomic mass is 32.1. The SMILES string of the molecule is Cc1ccc(-c2nc(Nc3ccccc3)sc2C)cc1C. The van der Waals surface area contributed by atoms with E-state index in [0.29, 0.717) is 0 Å². The smallest absolute Gasteiger partial charge is 0.187 e. The molecule has 21 heavy (non-hydrogen) atoms. The van der Waals surface area contributed by atoms with Crippen LogP contribution >= 0.6 is 11.3 Å². The minimum atomic E-state index is 0.937. The molecule has 0 radical (unpaired) electrons. The van der Waals surface area contributed by atoms with Crippen molar-refractivity contribution in [3.05, 3.63) is 64.5 Å². The second-order valence-corrected chi connectivity index (χ2v) is 6.42. The fraction of sp³-hybridized carbons (Fsp3) is 0.167. The van der Waals surface area contributed by atoms with Gasteiger partial charge in [-0.2, -0.15) is 0 Å². The fourth-order valence-corrected chi connectivity index (χ4v) is 3.11. The Balaban J connectivity index is 1.92. The number of anilines is 2. The summed E-state index contributed by atoms with van der Waals surface area (Å²) in [5.74, 6) is 0. The summed E-state index contributed by atoms with van der Waals surface area (Å²) in [6.45, 7) is 6.40. The minimum absolute atomic E-state index is 0.937. The topological polar surface area (TPSA) is 24.9 Å². The van der Waals surface area contributed by atoms with Crippen LogP contribution in [-0.4, -0.2) is 4.98 Å². The Morgan fingerprint density at radius 1 is 0.905 bits per heavy atom. The average Bonchev–Trinajstić information content (AvgIpc) is 2.84. The van der Waals surface area contributed by atoms with Crippen LogP contribution in [0.25, 0.3) is 11.3 Å². The van der Waals surface area contributed by atoms with Gasteiger partial charge in [-0.1, -0.05) is 30.3 Å². The van der Waals surface area contributed by atoms with Gasteiger partial charge < -0.3 is 5.32 Å². The van der Waals surface area contributed by atoms with Crippen molar-refractivity contribution in [2.45, 2.75) is 20.8 Å². The van der Waals surface area contributed by atoms with Crippen LogP contribution in [0.3, 0.4) is 0 Å². The first kappa shape index (κ1) is 13.8. The molecule has 0 saturated carbocycles. The zero-order valence-corrected chi connectivity index (χ0v) is 13.3. The molecule has 2 aromatic carbocycles. The molecule has 0 spiro atoms. The number of para-hydroxylation sites is 1. The number of hydrogen-bond donors (Lipinski definition) is 1. The van der Waals surface area contributed by atoms with E-state index in [1.807, 2.05) is 30.3 Å². The highest BCUT2D eigenvalue weighted by molar-refractivity contribution is 7.16. The molecule has 1 aromatic heterocycles. The second-order valence-electron chi connectivity index (χ2n) is 5.21. The zero-order chi connectivity index (χ0) is 14.8. The summed E-state index contributed by atoms with van der Waals surface area (Å²) >= 11 is 1.69. The predicted octanol–water partition coefficient (Wildman–Crippen LogP) is 5.48. The van der Waals surface area contributed by atoms with Gasteiger partial charge in [-0.3, -0.25) is 0 Å². The van der Waals surface area contributed by atoms with Crippen LogP contribution in [0.5, 0.6) is 0 Å². The monoisotopic (exact) mass is 294 g/mol. The van der Waals surface area contributed by atoms with Crippen LogP contribution in [0, 0.1) is 20.8 Å². The molecule has 0 aliphatic carbocycles. The van der Waals surface area contributed by atoms with Crippen LogP contribution in [0.15, 0.2) is 48.5 Å². The molecule has 0 amide bonds. The van der Waals surface area contributed by atoms with E-state index in [4.69, 9.17) is 4.98 Å². The van der Waals surface area contributed by atoms with Crippen molar-refractivity contribution in [2.75, 3.05) is 5.32 Å². The molecule has 3 heteroatoms. The molecular weight excluding hydrogens is 276 g/mol. The molecule has 0 bridgehead atoms. The molecular formula is C18H18N2S. The van der Waals surface area contributed by atoms with Gasteiger partial charge in [0, 0.05) is 16.1 Å². The highest BCUT2D eigenvalue weighted by Gasteiger charge is 2.10. The first-order chi connectivity index (χ1) is 10.1. The van der Waals surface area contributed by atoms with Gasteiger partial charge >= 0.3 is 0 Å². The van der Waals surface area contributed by atoms with Crippen molar-refractivity contribution < 1.29 is 0 Å². The summed E-state index contributed by atoms with van der Waals surface area (Å²) in [7, 11) is 0. The lowest BCUT2D eigenvalue weighted by Gasteiger charge is -2.04. The maximum atomic E-state index is 4.75. The van der Waals surface area contributed by atoms with Crippen molar-refractivity contribution in [1.82, 2.24) is 4.98 Å². The molecule has 0 aliphatic heterocycles. The fourth-order valence-electron chi connectivity index (χ4n) is 2.25. The van der Waals surface area contributed by atoms with Crippen LogP contribution in [0.4, 0.5) is 10.8 Å². The van der Waals surface area contributed by atoms with E-state index in [2.05, 4.69) is 44.3 Å². The molecule has 2 nitrogen and oxygen atoms in total. The van der Waals surface area contributed by atoms with E-state index in [1.165, 1.54) is 21.6 Å². The van der Waals surface area contributed by atoms with E-state index >= 15 is 0 Å². The summed E-state index contributed by atoms with van der Waals surface area (Å²) in [4.78, 5) is 5.99. The number of nitrogens with zero attached hydrogens (tertiary/aromatic N) is 1. The Bertz CT molecular complexity index is 760. The highest BCUT2D eigenvalue weighted by Crippen LogP contribution is 2.32. The number of thiazole rings is 1. The summed E-state index contributed by atoms with van der Waals surface area (Å²) in [6, 6.07) is 16.7. The van der Waals surface area contributed by atoms with Crippen LogP contribution in [0.1, 0.15) is 16.0 Å². The van der Waals surface area contributed by atoms with Gasteiger partial charge in [0.05, 0.1) is 5.69 Å². The summed E-state index contributed by atoms with van der Waals surface area (Å²) < 4.78 is 0. The van der Waals surface area contributed by atoms with E-state index < -0.39 is 0 Å². The lowest BCUT2D eigenvalue weighted by Crippen LogP contribution is -1.89. The van der Waals surface area contributed by atoms with Crippen LogP contribution in [-0.2, 0) is 0 Å². The number of rotatable bonds is 3. The number of aromatic nitrogens is 1. The number of hydrogen-bond acceptors (Lipinski definition) is 3. The molecule has 0 fully saturated rings. The number of benzene rings is 2. The Labute approximate surface area is 129 Å². The third-order valence-corrected chi connectivity index (χ3v) is 4.49. The number of nitrogens with one attached hydrogen (secondary N) is 1. The van der Waals surface area contributed by atoms with Gasteiger partial charge in [-0.15, -0.1) is 11.3 Å². The minimum Gasteiger partial charge on any atom is -0.332 e. The largest absolute Gasteiger partial charge is 0.332 e. The molecule has 3 rings (SSSR count). The Hall–Kier alpha value is -2.13. The molecule has 1 heterocycles. The summed E-state index contributed by atoms with van der Waals surface area (Å²) in [5.41, 5.74) is 5.94. The van der Waals surface area contributed by atoms with Crippen LogP contribution < -0.4 is 5.32 Å². The Kier molecular flexibility index (Phi) is 3.76. The van der Waals surface area contributed by atoms with E-state index in [9.17, 15) is 0 Å². The summed E-state index contributed by atoms with van der Waals surface area (Å²) in [5, 5.41) is 4.31. The lowest BCUT2D eigenvalue weighted by molar-refractivity contribution is 1.31. The maximum absolute atomic E-state index is 4.75. The Morgan fingerprint density at radius 3 is 2.38 bits per heavy atom. The van der Waals surface area contributed by atoms with Crippen LogP contribution in [0.2, 0.25) is 0 Å². The maximum Gasteiger partial charge on any atom is 0.187 e. The normalized spacial score (nSPS) is 10.6. The van der Waals surface area contributed by atoms with E-state index in [-0.39, 0.29) is 0 Å². The third kappa shape index (κ3) is 2.98. The van der Waals surface area contributed by atoms with Crippen molar-refractivity contribution in [2.24, 2.45) is 0 Å². The zero-order valence-electron chi connectivity index (χ0n) is 12.5. The van der Waals surface area contributed by atoms with Gasteiger partial charge in [0.25, 0.3) is 0 Å². The van der Waals surface area contributed by atoms with Crippen molar-refractivity contribution in [3.8, 4) is 11.3 Å². The molecule has 106 valence electrons. The van der Waals surface area contributed by atoms with Gasteiger partial charge in [-0.05, 0) is 50.1 Å². The first-order valence-corrected chi connectivity index (χ1v) is 7.82. The standard InChI is InChI=1S/C18H18N2S/c1-12-9-10-15(11-13(12)2)17-14(3)21-18(20-17)19-16-7-5-4-6-8-16/h4-11H,1-3H3,(H,19,20). The lowest BCUT2D eigenvalue weighted by atomic mass is 10.0. The molecule has 0 atom stereocenters. The predicted molar refractivity (Wildman–Crippen MR) is 91.5 cm³/mol. The van der Waals surface area contributed by atoms with Crippen molar-refractivity contribution in [1.29, 1.82) is 0 Å².